The summed E-state index contributed by atoms with van der Waals surface area (Å²) in [5.74, 6) is 0. The Kier molecular flexibility index (Phi) is 18.7. The van der Waals surface area contributed by atoms with E-state index in [0.29, 0.717) is 12.2 Å². The van der Waals surface area contributed by atoms with Gasteiger partial charge < -0.3 is 24.4 Å². The van der Waals surface area contributed by atoms with Gasteiger partial charge in [-0.05, 0) is 13.8 Å². The molecule has 0 aliphatic carbocycles. The zero-order chi connectivity index (χ0) is 14.9. The number of epoxide rings is 2. The van der Waals surface area contributed by atoms with Gasteiger partial charge in [0.1, 0.15) is 12.2 Å². The highest BCUT2D eigenvalue weighted by Crippen LogP contribution is 2.12. The Labute approximate surface area is 116 Å². The van der Waals surface area contributed by atoms with Crippen molar-refractivity contribution in [2.45, 2.75) is 26.1 Å². The molecular formula is C14H28O5. The van der Waals surface area contributed by atoms with Crippen LogP contribution in [0.25, 0.3) is 0 Å². The van der Waals surface area contributed by atoms with Crippen LogP contribution in [0.2, 0.25) is 0 Å². The topological polar surface area (TPSA) is 74.8 Å². The molecule has 0 spiro atoms. The zero-order valence-corrected chi connectivity index (χ0v) is 12.1. The van der Waals surface area contributed by atoms with Crippen LogP contribution in [0, 0.1) is 0 Å². The van der Waals surface area contributed by atoms with Crippen molar-refractivity contribution in [3.05, 3.63) is 25.3 Å². The van der Waals surface area contributed by atoms with E-state index < -0.39 is 0 Å². The number of allylic oxidation sites excluding steroid dienone is 2. The molecule has 2 aliphatic rings. The van der Waals surface area contributed by atoms with Gasteiger partial charge >= 0.3 is 0 Å². The predicted octanol–water partition coefficient (Wildman–Crippen LogP) is 1.16. The summed E-state index contributed by atoms with van der Waals surface area (Å²) >= 11 is 0. The van der Waals surface area contributed by atoms with Crippen LogP contribution in [-0.4, -0.2) is 62.1 Å². The molecule has 2 atom stereocenters. The van der Waals surface area contributed by atoms with E-state index in [0.717, 1.165) is 26.4 Å². The van der Waals surface area contributed by atoms with Crippen molar-refractivity contribution in [2.24, 2.45) is 0 Å². The molecule has 5 heteroatoms. The lowest BCUT2D eigenvalue weighted by Crippen LogP contribution is -2.06. The highest BCUT2D eigenvalue weighted by molar-refractivity contribution is 4.71. The first-order chi connectivity index (χ1) is 9.19. The van der Waals surface area contributed by atoms with Gasteiger partial charge in [0, 0.05) is 0 Å². The Morgan fingerprint density at radius 2 is 1.26 bits per heavy atom. The zero-order valence-electron chi connectivity index (χ0n) is 12.1. The summed E-state index contributed by atoms with van der Waals surface area (Å²) in [4.78, 5) is 0. The molecule has 0 bridgehead atoms. The molecule has 19 heavy (non-hydrogen) atoms. The molecule has 2 aliphatic heterocycles. The molecule has 2 saturated heterocycles. The average molecular weight is 276 g/mol. The van der Waals surface area contributed by atoms with Crippen LogP contribution in [0.5, 0.6) is 0 Å². The normalized spacial score (nSPS) is 21.3. The molecule has 114 valence electrons. The molecule has 0 radical (unpaired) electrons. The van der Waals surface area contributed by atoms with Crippen LogP contribution in [-0.2, 0) is 14.2 Å². The lowest BCUT2D eigenvalue weighted by atomic mass is 10.5. The fourth-order valence-electron chi connectivity index (χ4n) is 0.659. The fraction of sp³-hybridized carbons (Fsp3) is 0.714. The summed E-state index contributed by atoms with van der Waals surface area (Å²) in [6.45, 7) is 13.5. The number of hydrogen-bond donors (Lipinski definition) is 2. The molecular weight excluding hydrogens is 248 g/mol. The maximum atomic E-state index is 7.62. The van der Waals surface area contributed by atoms with E-state index in [-0.39, 0.29) is 13.2 Å². The van der Waals surface area contributed by atoms with Crippen LogP contribution in [0.15, 0.2) is 25.3 Å². The third-order valence-corrected chi connectivity index (χ3v) is 1.51. The summed E-state index contributed by atoms with van der Waals surface area (Å²) in [5, 5.41) is 15.2. The van der Waals surface area contributed by atoms with E-state index in [1.165, 1.54) is 0 Å². The van der Waals surface area contributed by atoms with E-state index in [4.69, 9.17) is 24.4 Å². The van der Waals surface area contributed by atoms with Gasteiger partial charge in [-0.3, -0.25) is 0 Å². The van der Waals surface area contributed by atoms with E-state index >= 15 is 0 Å². The molecule has 0 amide bonds. The molecule has 2 rings (SSSR count). The van der Waals surface area contributed by atoms with Crippen LogP contribution >= 0.6 is 0 Å². The van der Waals surface area contributed by atoms with Crippen molar-refractivity contribution >= 4 is 0 Å². The van der Waals surface area contributed by atoms with Gasteiger partial charge in [-0.1, -0.05) is 12.2 Å². The summed E-state index contributed by atoms with van der Waals surface area (Å²) in [6, 6.07) is 0. The van der Waals surface area contributed by atoms with E-state index in [9.17, 15) is 0 Å². The molecule has 2 N–H and O–H groups in total. The fourth-order valence-corrected chi connectivity index (χ4v) is 0.659. The van der Waals surface area contributed by atoms with Crippen molar-refractivity contribution in [2.75, 3.05) is 39.6 Å². The number of hydrogen-bond acceptors (Lipinski definition) is 5. The highest BCUT2D eigenvalue weighted by atomic mass is 16.6. The minimum absolute atomic E-state index is 0.125. The Morgan fingerprint density at radius 1 is 1.00 bits per heavy atom. The Bertz CT molecular complexity index is 168. The quantitative estimate of drug-likeness (QED) is 0.582. The minimum atomic E-state index is -0.125. The number of ether oxygens (including phenoxy) is 3. The van der Waals surface area contributed by atoms with Crippen molar-refractivity contribution in [3.8, 4) is 0 Å². The molecule has 0 aromatic carbocycles. The molecule has 2 unspecified atom stereocenters. The highest BCUT2D eigenvalue weighted by Gasteiger charge is 2.26. The summed E-state index contributed by atoms with van der Waals surface area (Å²) in [7, 11) is 0. The molecule has 2 heterocycles. The summed E-state index contributed by atoms with van der Waals surface area (Å²) in [5.41, 5.74) is 0. The lowest BCUT2D eigenvalue weighted by molar-refractivity contribution is 0.102. The smallest absolute Gasteiger partial charge is 0.104 e. The van der Waals surface area contributed by atoms with Crippen molar-refractivity contribution < 1.29 is 24.4 Å². The second kappa shape index (κ2) is 17.3. The second-order valence-electron chi connectivity index (χ2n) is 3.71. The van der Waals surface area contributed by atoms with Crippen molar-refractivity contribution in [3.63, 3.8) is 0 Å². The largest absolute Gasteiger partial charge is 0.394 e. The summed E-state index contributed by atoms with van der Waals surface area (Å²) in [6.07, 6.45) is 4.28. The Balaban J connectivity index is 0. The minimum Gasteiger partial charge on any atom is -0.394 e. The Morgan fingerprint density at radius 3 is 1.42 bits per heavy atom. The van der Waals surface area contributed by atoms with Gasteiger partial charge in [0.2, 0.25) is 0 Å². The van der Waals surface area contributed by atoms with Gasteiger partial charge in [0.25, 0.3) is 0 Å². The van der Waals surface area contributed by atoms with E-state index in [2.05, 4.69) is 13.2 Å². The van der Waals surface area contributed by atoms with Crippen LogP contribution in [0.4, 0.5) is 0 Å². The van der Waals surface area contributed by atoms with Crippen LogP contribution < -0.4 is 0 Å². The standard InChI is InChI=1S/C6H10O3.2C3H6.C2H6O2/c1(5-3-8-5)7-2-6-4-9-6;2*1-3-2;3-1-2-4/h5-6H,1-4H2;2*3H,1H2,2H3;3-4H,1-2H2. The molecule has 5 nitrogen and oxygen atoms in total. The predicted molar refractivity (Wildman–Crippen MR) is 76.2 cm³/mol. The van der Waals surface area contributed by atoms with Crippen molar-refractivity contribution in [1.82, 2.24) is 0 Å². The SMILES string of the molecule is C(OCC1CO1)C1CO1.C=CC.C=CC.OCCO. The van der Waals surface area contributed by atoms with Crippen LogP contribution in [0.1, 0.15) is 13.8 Å². The Hall–Kier alpha value is -0.720. The first kappa shape index (κ1) is 20.6. The van der Waals surface area contributed by atoms with Gasteiger partial charge in [0.15, 0.2) is 0 Å². The number of aliphatic hydroxyl groups excluding tert-OH is 2. The maximum Gasteiger partial charge on any atom is 0.104 e. The first-order valence-electron chi connectivity index (χ1n) is 6.36. The monoisotopic (exact) mass is 276 g/mol. The lowest BCUT2D eigenvalue weighted by Gasteiger charge is -1.95. The van der Waals surface area contributed by atoms with E-state index in [1.54, 1.807) is 12.2 Å². The second-order valence-corrected chi connectivity index (χ2v) is 3.71. The van der Waals surface area contributed by atoms with Crippen molar-refractivity contribution in [1.29, 1.82) is 0 Å². The molecule has 0 aromatic rings. The van der Waals surface area contributed by atoms with Gasteiger partial charge in [-0.15, -0.1) is 13.2 Å². The molecule has 0 saturated carbocycles. The average Bonchev–Trinajstić information content (AvgIpc) is 3.26. The van der Waals surface area contributed by atoms with Gasteiger partial charge in [-0.2, -0.15) is 0 Å². The van der Waals surface area contributed by atoms with Gasteiger partial charge in [-0.25, -0.2) is 0 Å². The third-order valence-electron chi connectivity index (χ3n) is 1.51. The maximum absolute atomic E-state index is 7.62. The number of aliphatic hydroxyl groups is 2. The van der Waals surface area contributed by atoms with Gasteiger partial charge in [0.05, 0.1) is 39.6 Å². The third kappa shape index (κ3) is 26.8. The summed E-state index contributed by atoms with van der Waals surface area (Å²) < 4.78 is 15.1. The molecule has 0 aromatic heterocycles. The number of rotatable bonds is 5. The van der Waals surface area contributed by atoms with E-state index in [1.807, 2.05) is 13.8 Å². The van der Waals surface area contributed by atoms with Crippen LogP contribution in [0.3, 0.4) is 0 Å². The molecule has 2 fully saturated rings. The first-order valence-corrected chi connectivity index (χ1v) is 6.36.